The fraction of sp³-hybridized carbons (Fsp3) is 1.00. The highest BCUT2D eigenvalue weighted by molar-refractivity contribution is 6.72. The van der Waals surface area contributed by atoms with Crippen LogP contribution in [0.15, 0.2) is 0 Å². The van der Waals surface area contributed by atoms with Gasteiger partial charge in [0.15, 0.2) is 0 Å². The van der Waals surface area contributed by atoms with Crippen LogP contribution in [0.1, 0.15) is 27.7 Å². The van der Waals surface area contributed by atoms with Crippen molar-refractivity contribution in [1.82, 2.24) is 14.5 Å². The second-order valence-corrected chi connectivity index (χ2v) is 8.21. The Bertz CT molecular complexity index is 138. The first kappa shape index (κ1) is 14.1. The highest BCUT2D eigenvalue weighted by Crippen LogP contribution is 2.10. The van der Waals surface area contributed by atoms with Gasteiger partial charge in [0.2, 0.25) is 0 Å². The summed E-state index contributed by atoms with van der Waals surface area (Å²) in [6, 6.07) is 1.20. The molecule has 0 unspecified atom stereocenters. The molecule has 86 valence electrons. The Morgan fingerprint density at radius 1 is 1.14 bits per heavy atom. The second-order valence-electron chi connectivity index (χ2n) is 4.15. The number of hydrogen-bond donors (Lipinski definition) is 2. The van der Waals surface area contributed by atoms with Crippen molar-refractivity contribution < 1.29 is 0 Å². The fourth-order valence-corrected chi connectivity index (χ4v) is 5.27. The molecule has 0 aliphatic carbocycles. The normalized spacial score (nSPS) is 12.9. The summed E-state index contributed by atoms with van der Waals surface area (Å²) in [5, 5.41) is 0. The first-order valence-corrected chi connectivity index (χ1v) is 7.84. The van der Waals surface area contributed by atoms with E-state index in [1.165, 1.54) is 12.6 Å². The van der Waals surface area contributed by atoms with E-state index >= 15 is 0 Å². The van der Waals surface area contributed by atoms with Crippen molar-refractivity contribution in [1.29, 1.82) is 0 Å². The molecule has 0 spiro atoms. The Morgan fingerprint density at radius 3 is 1.86 bits per heavy atom. The molecule has 0 aromatic carbocycles. The van der Waals surface area contributed by atoms with Crippen LogP contribution < -0.4 is 9.96 Å². The summed E-state index contributed by atoms with van der Waals surface area (Å²) in [5.41, 5.74) is 0. The van der Waals surface area contributed by atoms with Crippen LogP contribution in [0.2, 0.25) is 6.04 Å². The van der Waals surface area contributed by atoms with E-state index in [4.69, 9.17) is 0 Å². The Labute approximate surface area is 90.5 Å². The molecule has 0 bridgehead atoms. The smallest absolute Gasteiger partial charge is 0.283 e. The van der Waals surface area contributed by atoms with Gasteiger partial charge in [-0.1, -0.05) is 27.7 Å². The van der Waals surface area contributed by atoms with Crippen LogP contribution in [0, 0.1) is 5.92 Å². The van der Waals surface area contributed by atoms with E-state index in [9.17, 15) is 0 Å². The van der Waals surface area contributed by atoms with E-state index in [0.717, 1.165) is 12.5 Å². The summed E-state index contributed by atoms with van der Waals surface area (Å²) >= 11 is 0. The first-order chi connectivity index (χ1) is 6.56. The summed E-state index contributed by atoms with van der Waals surface area (Å²) in [4.78, 5) is 7.05. The highest BCUT2D eigenvalue weighted by Gasteiger charge is 2.35. The summed E-state index contributed by atoms with van der Waals surface area (Å²) in [7, 11) is 2.58. The maximum Gasteiger partial charge on any atom is 0.283 e. The molecule has 14 heavy (non-hydrogen) atoms. The molecule has 0 aromatic rings. The van der Waals surface area contributed by atoms with Crippen LogP contribution in [0.3, 0.4) is 0 Å². The standard InChI is InChI=1S/C10H27N3Si/c1-7-13(9-10(3)4)14(8-2,11-5)12-6/h10-12H,7-9H2,1-6H3. The van der Waals surface area contributed by atoms with Gasteiger partial charge in [0.25, 0.3) is 8.56 Å². The Balaban J connectivity index is 4.56. The van der Waals surface area contributed by atoms with Crippen LogP contribution in [0.4, 0.5) is 0 Å². The second kappa shape index (κ2) is 6.56. The van der Waals surface area contributed by atoms with E-state index in [1.807, 2.05) is 0 Å². The van der Waals surface area contributed by atoms with Crippen LogP contribution in [0.5, 0.6) is 0 Å². The van der Waals surface area contributed by atoms with E-state index in [1.54, 1.807) is 0 Å². The summed E-state index contributed by atoms with van der Waals surface area (Å²) in [6.07, 6.45) is 0. The topological polar surface area (TPSA) is 27.3 Å². The summed E-state index contributed by atoms with van der Waals surface area (Å²) in [6.45, 7) is 11.4. The predicted molar refractivity (Wildman–Crippen MR) is 66.4 cm³/mol. The average molecular weight is 217 g/mol. The number of rotatable bonds is 7. The lowest BCUT2D eigenvalue weighted by atomic mass is 10.2. The molecule has 0 rings (SSSR count). The van der Waals surface area contributed by atoms with Crippen molar-refractivity contribution in [3.8, 4) is 0 Å². The summed E-state index contributed by atoms with van der Waals surface area (Å²) in [5.74, 6) is 0.732. The molecule has 0 radical (unpaired) electrons. The summed E-state index contributed by atoms with van der Waals surface area (Å²) < 4.78 is 2.59. The fourth-order valence-electron chi connectivity index (χ4n) is 2.01. The number of nitrogens with zero attached hydrogens (tertiary/aromatic N) is 1. The maximum atomic E-state index is 3.52. The third-order valence-electron chi connectivity index (χ3n) is 2.85. The molecule has 0 fully saturated rings. The molecule has 0 saturated carbocycles. The Hall–Kier alpha value is 0.0969. The third kappa shape index (κ3) is 3.35. The van der Waals surface area contributed by atoms with Crippen molar-refractivity contribution in [3.05, 3.63) is 0 Å². The third-order valence-corrected chi connectivity index (χ3v) is 7.10. The minimum absolute atomic E-state index is 0.732. The van der Waals surface area contributed by atoms with E-state index < -0.39 is 8.56 Å². The van der Waals surface area contributed by atoms with Crippen LogP contribution in [-0.4, -0.2) is 40.3 Å². The Kier molecular flexibility index (Phi) is 6.60. The Morgan fingerprint density at radius 2 is 1.64 bits per heavy atom. The van der Waals surface area contributed by atoms with Crippen molar-refractivity contribution in [2.75, 3.05) is 27.2 Å². The van der Waals surface area contributed by atoms with Crippen LogP contribution in [0.25, 0.3) is 0 Å². The van der Waals surface area contributed by atoms with Gasteiger partial charge in [-0.05, 0) is 39.1 Å². The molecule has 0 aromatic heterocycles. The van der Waals surface area contributed by atoms with E-state index in [2.05, 4.69) is 56.3 Å². The first-order valence-electron chi connectivity index (χ1n) is 5.69. The van der Waals surface area contributed by atoms with Gasteiger partial charge in [0.1, 0.15) is 0 Å². The van der Waals surface area contributed by atoms with Gasteiger partial charge in [-0.3, -0.25) is 4.57 Å². The minimum Gasteiger partial charge on any atom is -0.316 e. The van der Waals surface area contributed by atoms with Crippen molar-refractivity contribution >= 4 is 8.56 Å². The molecule has 0 atom stereocenters. The molecule has 0 aliphatic heterocycles. The van der Waals surface area contributed by atoms with Crippen molar-refractivity contribution in [2.24, 2.45) is 5.92 Å². The van der Waals surface area contributed by atoms with Crippen LogP contribution >= 0.6 is 0 Å². The molecule has 4 heteroatoms. The lowest BCUT2D eigenvalue weighted by Gasteiger charge is -2.40. The molecule has 0 amide bonds. The molecular formula is C10H27N3Si. The lowest BCUT2D eigenvalue weighted by molar-refractivity contribution is 0.364. The van der Waals surface area contributed by atoms with Gasteiger partial charge < -0.3 is 9.96 Å². The van der Waals surface area contributed by atoms with Gasteiger partial charge >= 0.3 is 0 Å². The minimum atomic E-state index is -1.58. The maximum absolute atomic E-state index is 3.52. The van der Waals surface area contributed by atoms with Crippen molar-refractivity contribution in [2.45, 2.75) is 33.7 Å². The van der Waals surface area contributed by atoms with E-state index in [0.29, 0.717) is 0 Å². The SMILES string of the molecule is CCN(CC(C)C)[Si](CC)(NC)NC. The molecule has 3 nitrogen and oxygen atoms in total. The predicted octanol–water partition coefficient (Wildman–Crippen LogP) is 1.36. The average Bonchev–Trinajstić information content (AvgIpc) is 2.19. The zero-order valence-corrected chi connectivity index (χ0v) is 11.6. The zero-order chi connectivity index (χ0) is 11.2. The number of hydrogen-bond acceptors (Lipinski definition) is 3. The number of nitrogens with one attached hydrogen (secondary N) is 2. The van der Waals surface area contributed by atoms with Gasteiger partial charge in [0, 0.05) is 0 Å². The molecule has 0 saturated heterocycles. The van der Waals surface area contributed by atoms with Gasteiger partial charge in [0.05, 0.1) is 0 Å². The monoisotopic (exact) mass is 217 g/mol. The molecular weight excluding hydrogens is 190 g/mol. The van der Waals surface area contributed by atoms with Crippen LogP contribution in [-0.2, 0) is 0 Å². The lowest BCUT2D eigenvalue weighted by Crippen LogP contribution is -2.71. The molecule has 0 aliphatic rings. The van der Waals surface area contributed by atoms with Gasteiger partial charge in [-0.2, -0.15) is 0 Å². The quantitative estimate of drug-likeness (QED) is 0.631. The molecule has 0 heterocycles. The van der Waals surface area contributed by atoms with E-state index in [-0.39, 0.29) is 0 Å². The zero-order valence-electron chi connectivity index (χ0n) is 10.6. The van der Waals surface area contributed by atoms with Crippen molar-refractivity contribution in [3.63, 3.8) is 0 Å². The molecule has 2 N–H and O–H groups in total. The largest absolute Gasteiger partial charge is 0.316 e. The van der Waals surface area contributed by atoms with Gasteiger partial charge in [-0.25, -0.2) is 0 Å². The highest BCUT2D eigenvalue weighted by atomic mass is 28.4. The van der Waals surface area contributed by atoms with Gasteiger partial charge in [-0.15, -0.1) is 0 Å².